The summed E-state index contributed by atoms with van der Waals surface area (Å²) >= 11 is 0. The first kappa shape index (κ1) is 17.8. The minimum atomic E-state index is -0.478. The van der Waals surface area contributed by atoms with Crippen LogP contribution in [0, 0.1) is 6.92 Å². The van der Waals surface area contributed by atoms with E-state index in [1.165, 1.54) is 11.6 Å². The van der Waals surface area contributed by atoms with Crippen molar-refractivity contribution in [3.8, 4) is 0 Å². The Morgan fingerprint density at radius 2 is 1.75 bits per heavy atom. The van der Waals surface area contributed by atoms with Crippen LogP contribution in [-0.2, 0) is 16.1 Å². The van der Waals surface area contributed by atoms with Gasteiger partial charge >= 0.3 is 5.97 Å². The molecule has 3 heteroatoms. The van der Waals surface area contributed by atoms with Gasteiger partial charge in [0.25, 0.3) is 0 Å². The van der Waals surface area contributed by atoms with E-state index in [-0.39, 0.29) is 5.97 Å². The monoisotopic (exact) mass is 323 g/mol. The summed E-state index contributed by atoms with van der Waals surface area (Å²) in [4.78, 5) is 11.8. The quantitative estimate of drug-likeness (QED) is 0.624. The Labute approximate surface area is 144 Å². The molecular formula is C21H25NO2. The van der Waals surface area contributed by atoms with Crippen LogP contribution in [0.2, 0.25) is 0 Å². The third-order valence-electron chi connectivity index (χ3n) is 3.40. The van der Waals surface area contributed by atoms with Crippen molar-refractivity contribution >= 4 is 17.7 Å². The summed E-state index contributed by atoms with van der Waals surface area (Å²) in [5, 5.41) is 3.40. The van der Waals surface area contributed by atoms with Crippen molar-refractivity contribution in [2.75, 3.05) is 5.32 Å². The predicted molar refractivity (Wildman–Crippen MR) is 99.8 cm³/mol. The molecule has 24 heavy (non-hydrogen) atoms. The summed E-state index contributed by atoms with van der Waals surface area (Å²) in [5.74, 6) is -0.330. The molecule has 0 saturated heterocycles. The van der Waals surface area contributed by atoms with Crippen molar-refractivity contribution in [2.24, 2.45) is 0 Å². The lowest BCUT2D eigenvalue weighted by Gasteiger charge is -2.18. The molecule has 0 bridgehead atoms. The third kappa shape index (κ3) is 5.92. The number of aryl methyl sites for hydroxylation is 1. The standard InChI is InChI=1S/C21H25NO2/c1-16-9-12-19(13-10-16)22-15-18-8-6-5-7-17(18)11-14-20(23)24-21(2,3)4/h5-14,22H,15H2,1-4H3/b14-11+. The Kier molecular flexibility index (Phi) is 5.80. The van der Waals surface area contributed by atoms with Gasteiger partial charge in [0, 0.05) is 18.3 Å². The zero-order valence-corrected chi connectivity index (χ0v) is 14.8. The molecule has 2 rings (SSSR count). The fourth-order valence-corrected chi connectivity index (χ4v) is 2.22. The van der Waals surface area contributed by atoms with Gasteiger partial charge < -0.3 is 10.1 Å². The molecule has 1 N–H and O–H groups in total. The second-order valence-electron chi connectivity index (χ2n) is 6.79. The molecular weight excluding hydrogens is 298 g/mol. The van der Waals surface area contributed by atoms with Gasteiger partial charge in [0.2, 0.25) is 0 Å². The van der Waals surface area contributed by atoms with Crippen molar-refractivity contribution in [1.82, 2.24) is 0 Å². The summed E-state index contributed by atoms with van der Waals surface area (Å²) in [6.07, 6.45) is 3.29. The van der Waals surface area contributed by atoms with Gasteiger partial charge in [0.05, 0.1) is 0 Å². The van der Waals surface area contributed by atoms with E-state index in [0.29, 0.717) is 6.54 Å². The van der Waals surface area contributed by atoms with E-state index in [1.807, 2.05) is 39.0 Å². The maximum Gasteiger partial charge on any atom is 0.331 e. The summed E-state index contributed by atoms with van der Waals surface area (Å²) in [5.41, 5.74) is 3.96. The van der Waals surface area contributed by atoms with Gasteiger partial charge in [0.1, 0.15) is 5.60 Å². The number of hydrogen-bond donors (Lipinski definition) is 1. The number of hydrogen-bond acceptors (Lipinski definition) is 3. The summed E-state index contributed by atoms with van der Waals surface area (Å²) < 4.78 is 5.30. The maximum absolute atomic E-state index is 11.8. The minimum Gasteiger partial charge on any atom is -0.457 e. The second-order valence-corrected chi connectivity index (χ2v) is 6.79. The van der Waals surface area contributed by atoms with Crippen molar-refractivity contribution in [3.05, 3.63) is 71.3 Å². The highest BCUT2D eigenvalue weighted by atomic mass is 16.6. The largest absolute Gasteiger partial charge is 0.457 e. The number of ether oxygens (including phenoxy) is 1. The van der Waals surface area contributed by atoms with Gasteiger partial charge in [-0.2, -0.15) is 0 Å². The molecule has 0 fully saturated rings. The van der Waals surface area contributed by atoms with E-state index in [2.05, 4.69) is 42.6 Å². The fraction of sp³-hybridized carbons (Fsp3) is 0.286. The van der Waals surface area contributed by atoms with Crippen LogP contribution in [0.3, 0.4) is 0 Å². The van der Waals surface area contributed by atoms with Gasteiger partial charge in [0.15, 0.2) is 0 Å². The first-order chi connectivity index (χ1) is 11.3. The fourth-order valence-electron chi connectivity index (χ4n) is 2.22. The van der Waals surface area contributed by atoms with Crippen LogP contribution in [0.25, 0.3) is 6.08 Å². The first-order valence-electron chi connectivity index (χ1n) is 8.13. The molecule has 2 aromatic carbocycles. The molecule has 0 heterocycles. The van der Waals surface area contributed by atoms with Crippen LogP contribution in [-0.4, -0.2) is 11.6 Å². The Morgan fingerprint density at radius 3 is 2.42 bits per heavy atom. The average Bonchev–Trinajstić information content (AvgIpc) is 2.51. The minimum absolute atomic E-state index is 0.330. The molecule has 0 aliphatic heterocycles. The normalized spacial score (nSPS) is 11.5. The van der Waals surface area contributed by atoms with Crippen LogP contribution in [0.15, 0.2) is 54.6 Å². The smallest absolute Gasteiger partial charge is 0.331 e. The number of rotatable bonds is 5. The van der Waals surface area contributed by atoms with Crippen LogP contribution >= 0.6 is 0 Å². The number of carbonyl (C=O) groups excluding carboxylic acids is 1. The molecule has 0 aromatic heterocycles. The molecule has 0 amide bonds. The topological polar surface area (TPSA) is 38.3 Å². The zero-order valence-electron chi connectivity index (χ0n) is 14.8. The third-order valence-corrected chi connectivity index (χ3v) is 3.40. The molecule has 0 spiro atoms. The summed E-state index contributed by atoms with van der Waals surface area (Å²) in [7, 11) is 0. The molecule has 3 nitrogen and oxygen atoms in total. The van der Waals surface area contributed by atoms with Crippen LogP contribution < -0.4 is 5.32 Å². The zero-order chi connectivity index (χ0) is 17.6. The van der Waals surface area contributed by atoms with Crippen molar-refractivity contribution in [1.29, 1.82) is 0 Å². The summed E-state index contributed by atoms with van der Waals surface area (Å²) in [6, 6.07) is 16.3. The molecule has 2 aromatic rings. The molecule has 126 valence electrons. The Bertz CT molecular complexity index is 709. The lowest BCUT2D eigenvalue weighted by Crippen LogP contribution is -2.22. The molecule has 0 aliphatic rings. The highest BCUT2D eigenvalue weighted by molar-refractivity contribution is 5.87. The van der Waals surface area contributed by atoms with E-state index in [0.717, 1.165) is 16.8 Å². The van der Waals surface area contributed by atoms with E-state index in [1.54, 1.807) is 6.08 Å². The number of esters is 1. The van der Waals surface area contributed by atoms with Crippen molar-refractivity contribution in [3.63, 3.8) is 0 Å². The van der Waals surface area contributed by atoms with E-state index < -0.39 is 5.60 Å². The van der Waals surface area contributed by atoms with Gasteiger partial charge in [-0.05, 0) is 57.0 Å². The lowest BCUT2D eigenvalue weighted by atomic mass is 10.1. The predicted octanol–water partition coefficient (Wildman–Crippen LogP) is 4.96. The van der Waals surface area contributed by atoms with E-state index in [4.69, 9.17) is 4.74 Å². The number of carbonyl (C=O) groups is 1. The first-order valence-corrected chi connectivity index (χ1v) is 8.13. The van der Waals surface area contributed by atoms with Crippen LogP contribution in [0.1, 0.15) is 37.5 Å². The van der Waals surface area contributed by atoms with E-state index >= 15 is 0 Å². The molecule has 0 atom stereocenters. The van der Waals surface area contributed by atoms with Crippen molar-refractivity contribution in [2.45, 2.75) is 39.8 Å². The second kappa shape index (κ2) is 7.82. The molecule has 0 unspecified atom stereocenters. The number of nitrogens with one attached hydrogen (secondary N) is 1. The SMILES string of the molecule is Cc1ccc(NCc2ccccc2/C=C/C(=O)OC(C)(C)C)cc1. The molecule has 0 saturated carbocycles. The highest BCUT2D eigenvalue weighted by Gasteiger charge is 2.13. The van der Waals surface area contributed by atoms with Gasteiger partial charge in [-0.25, -0.2) is 4.79 Å². The number of anilines is 1. The Hall–Kier alpha value is -2.55. The van der Waals surface area contributed by atoms with Gasteiger partial charge in [-0.3, -0.25) is 0 Å². The van der Waals surface area contributed by atoms with Crippen molar-refractivity contribution < 1.29 is 9.53 Å². The molecule has 0 aliphatic carbocycles. The van der Waals surface area contributed by atoms with Crippen LogP contribution in [0.4, 0.5) is 5.69 Å². The Morgan fingerprint density at radius 1 is 1.08 bits per heavy atom. The molecule has 0 radical (unpaired) electrons. The number of benzene rings is 2. The Balaban J connectivity index is 2.04. The van der Waals surface area contributed by atoms with E-state index in [9.17, 15) is 4.79 Å². The highest BCUT2D eigenvalue weighted by Crippen LogP contribution is 2.15. The lowest BCUT2D eigenvalue weighted by molar-refractivity contribution is -0.148. The maximum atomic E-state index is 11.8. The van der Waals surface area contributed by atoms with Gasteiger partial charge in [-0.15, -0.1) is 0 Å². The van der Waals surface area contributed by atoms with Gasteiger partial charge in [-0.1, -0.05) is 42.0 Å². The average molecular weight is 323 g/mol. The van der Waals surface area contributed by atoms with Crippen LogP contribution in [0.5, 0.6) is 0 Å². The summed E-state index contributed by atoms with van der Waals surface area (Å²) in [6.45, 7) is 8.34.